The van der Waals surface area contributed by atoms with Gasteiger partial charge in [0.05, 0.1) is 5.60 Å². The Bertz CT molecular complexity index is 419. The van der Waals surface area contributed by atoms with Gasteiger partial charge in [-0.25, -0.2) is 0 Å². The van der Waals surface area contributed by atoms with Crippen molar-refractivity contribution in [2.45, 2.75) is 64.6 Å². The minimum absolute atomic E-state index is 0.0394. The molecular formula is C17H28O4. The van der Waals surface area contributed by atoms with Gasteiger partial charge in [-0.2, -0.15) is 0 Å². The van der Waals surface area contributed by atoms with Crippen LogP contribution in [0.15, 0.2) is 23.8 Å². The van der Waals surface area contributed by atoms with E-state index >= 15 is 0 Å². The van der Waals surface area contributed by atoms with Crippen LogP contribution in [0.5, 0.6) is 0 Å². The van der Waals surface area contributed by atoms with E-state index < -0.39 is 17.2 Å². The normalized spacial score (nSPS) is 34.2. The Hall–Kier alpha value is -1.13. The number of esters is 1. The highest BCUT2D eigenvalue weighted by atomic mass is 16.5. The zero-order chi connectivity index (χ0) is 16.1. The fourth-order valence-electron chi connectivity index (χ4n) is 2.47. The van der Waals surface area contributed by atoms with Crippen molar-refractivity contribution < 1.29 is 19.7 Å². The molecule has 0 heterocycles. The summed E-state index contributed by atoms with van der Waals surface area (Å²) in [6.45, 7) is 6.80. The number of carbonyl (C=O) groups is 1. The number of allylic oxidation sites excluding steroid dienone is 2. The maximum atomic E-state index is 11.0. The average Bonchev–Trinajstić information content (AvgIpc) is 2.35. The Morgan fingerprint density at radius 3 is 2.86 bits per heavy atom. The topological polar surface area (TPSA) is 66.8 Å². The third-order valence-corrected chi connectivity index (χ3v) is 4.05. The van der Waals surface area contributed by atoms with Crippen LogP contribution in [-0.2, 0) is 9.53 Å². The molecule has 4 heteroatoms. The number of hydrogen-bond acceptors (Lipinski definition) is 4. The van der Waals surface area contributed by atoms with Crippen molar-refractivity contribution in [3.63, 3.8) is 0 Å². The van der Waals surface area contributed by atoms with Crippen LogP contribution in [-0.4, -0.2) is 34.0 Å². The van der Waals surface area contributed by atoms with Crippen molar-refractivity contribution in [2.75, 3.05) is 6.61 Å². The number of ether oxygens (including phenoxy) is 1. The van der Waals surface area contributed by atoms with Crippen molar-refractivity contribution in [3.8, 4) is 0 Å². The second kappa shape index (κ2) is 7.23. The van der Waals surface area contributed by atoms with Crippen LogP contribution in [0, 0.1) is 5.92 Å². The maximum Gasteiger partial charge on any atom is 0.302 e. The van der Waals surface area contributed by atoms with E-state index in [0.717, 1.165) is 19.3 Å². The lowest BCUT2D eigenvalue weighted by atomic mass is 9.82. The van der Waals surface area contributed by atoms with Gasteiger partial charge in [-0.3, -0.25) is 4.79 Å². The van der Waals surface area contributed by atoms with Crippen LogP contribution < -0.4 is 0 Å². The van der Waals surface area contributed by atoms with Crippen molar-refractivity contribution >= 4 is 5.97 Å². The average molecular weight is 296 g/mol. The Morgan fingerprint density at radius 2 is 2.24 bits per heavy atom. The van der Waals surface area contributed by atoms with Crippen molar-refractivity contribution in [1.29, 1.82) is 0 Å². The Labute approximate surface area is 127 Å². The van der Waals surface area contributed by atoms with Gasteiger partial charge in [0, 0.05) is 12.8 Å². The van der Waals surface area contributed by atoms with Crippen molar-refractivity contribution in [3.05, 3.63) is 23.8 Å². The van der Waals surface area contributed by atoms with Crippen LogP contribution in [0.3, 0.4) is 0 Å². The second-order valence-electron chi connectivity index (χ2n) is 6.59. The Morgan fingerprint density at radius 1 is 1.57 bits per heavy atom. The second-order valence-corrected chi connectivity index (χ2v) is 6.59. The smallest absolute Gasteiger partial charge is 0.302 e. The van der Waals surface area contributed by atoms with E-state index in [9.17, 15) is 15.0 Å². The van der Waals surface area contributed by atoms with E-state index in [-0.39, 0.29) is 12.5 Å². The highest BCUT2D eigenvalue weighted by Gasteiger charge is 2.32. The molecule has 0 aliphatic heterocycles. The summed E-state index contributed by atoms with van der Waals surface area (Å²) in [6.07, 6.45) is 8.90. The van der Waals surface area contributed by atoms with E-state index in [1.54, 1.807) is 19.9 Å². The molecule has 0 aromatic heterocycles. The molecule has 1 aliphatic rings. The molecule has 21 heavy (non-hydrogen) atoms. The van der Waals surface area contributed by atoms with Crippen LogP contribution in [0.4, 0.5) is 0 Å². The first-order valence-electron chi connectivity index (χ1n) is 7.55. The number of rotatable bonds is 3. The minimum Gasteiger partial charge on any atom is -0.463 e. The zero-order valence-electron chi connectivity index (χ0n) is 13.6. The third-order valence-electron chi connectivity index (χ3n) is 4.05. The number of hydrogen-bond donors (Lipinski definition) is 2. The molecule has 0 bridgehead atoms. The first-order valence-corrected chi connectivity index (χ1v) is 7.55. The molecule has 0 unspecified atom stereocenters. The van der Waals surface area contributed by atoms with Gasteiger partial charge in [0.25, 0.3) is 0 Å². The molecule has 0 saturated heterocycles. The summed E-state index contributed by atoms with van der Waals surface area (Å²) in [7, 11) is 0. The Balaban J connectivity index is 2.89. The molecule has 0 radical (unpaired) electrons. The molecule has 0 amide bonds. The molecule has 0 fully saturated rings. The molecule has 3 atom stereocenters. The highest BCUT2D eigenvalue weighted by Crippen LogP contribution is 2.29. The molecule has 1 rings (SSSR count). The lowest BCUT2D eigenvalue weighted by molar-refractivity contribution is -0.150. The number of aliphatic hydroxyl groups is 2. The van der Waals surface area contributed by atoms with E-state index in [1.165, 1.54) is 12.5 Å². The fourth-order valence-corrected chi connectivity index (χ4v) is 2.47. The predicted octanol–water partition coefficient (Wildman–Crippen LogP) is 2.74. The molecule has 2 N–H and O–H groups in total. The van der Waals surface area contributed by atoms with Crippen molar-refractivity contribution in [2.24, 2.45) is 5.92 Å². The lowest BCUT2D eigenvalue weighted by Crippen LogP contribution is -2.39. The van der Waals surface area contributed by atoms with Gasteiger partial charge in [0.1, 0.15) is 12.2 Å². The van der Waals surface area contributed by atoms with E-state index in [0.29, 0.717) is 6.42 Å². The van der Waals surface area contributed by atoms with E-state index in [4.69, 9.17) is 4.74 Å². The van der Waals surface area contributed by atoms with Crippen LogP contribution in [0.2, 0.25) is 0 Å². The fraction of sp³-hybridized carbons (Fsp3) is 0.706. The predicted molar refractivity (Wildman–Crippen MR) is 82.7 cm³/mol. The monoisotopic (exact) mass is 296 g/mol. The van der Waals surface area contributed by atoms with Crippen molar-refractivity contribution in [1.82, 2.24) is 0 Å². The van der Waals surface area contributed by atoms with Gasteiger partial charge in [0.15, 0.2) is 0 Å². The molecule has 0 spiro atoms. The summed E-state index contributed by atoms with van der Waals surface area (Å²) in [5.74, 6) is -0.577. The quantitative estimate of drug-likeness (QED) is 0.621. The molecule has 0 saturated carbocycles. The van der Waals surface area contributed by atoms with E-state index in [2.05, 4.69) is 13.0 Å². The minimum atomic E-state index is -1.14. The highest BCUT2D eigenvalue weighted by molar-refractivity contribution is 5.65. The van der Waals surface area contributed by atoms with Crippen LogP contribution in [0.1, 0.15) is 53.4 Å². The van der Waals surface area contributed by atoms with Crippen LogP contribution >= 0.6 is 0 Å². The SMILES string of the molecule is CC(=O)OC[C@@](C)(O)[C@H]1/C=C/[C@@](C)(O)CC/C=C(\C)CC1. The molecule has 120 valence electrons. The first-order chi connectivity index (χ1) is 9.62. The number of carbonyl (C=O) groups excluding carboxylic acids is 1. The molecule has 4 nitrogen and oxygen atoms in total. The van der Waals surface area contributed by atoms with Gasteiger partial charge < -0.3 is 14.9 Å². The summed E-state index contributed by atoms with van der Waals surface area (Å²) in [6, 6.07) is 0. The molecule has 1 aliphatic carbocycles. The molecule has 0 aromatic rings. The summed E-state index contributed by atoms with van der Waals surface area (Å²) in [5, 5.41) is 20.9. The van der Waals surface area contributed by atoms with Gasteiger partial charge in [-0.05, 0) is 46.5 Å². The van der Waals surface area contributed by atoms with Gasteiger partial charge in [0.2, 0.25) is 0 Å². The lowest BCUT2D eigenvalue weighted by Gasteiger charge is -2.32. The third kappa shape index (κ3) is 6.44. The Kier molecular flexibility index (Phi) is 6.17. The summed E-state index contributed by atoms with van der Waals surface area (Å²) in [4.78, 5) is 11.0. The van der Waals surface area contributed by atoms with Gasteiger partial charge in [-0.15, -0.1) is 0 Å². The van der Waals surface area contributed by atoms with E-state index in [1.807, 2.05) is 6.08 Å². The molecular weight excluding hydrogens is 268 g/mol. The zero-order valence-corrected chi connectivity index (χ0v) is 13.6. The maximum absolute atomic E-state index is 11.0. The summed E-state index contributed by atoms with van der Waals surface area (Å²) < 4.78 is 4.97. The first kappa shape index (κ1) is 17.9. The van der Waals surface area contributed by atoms with Gasteiger partial charge >= 0.3 is 5.97 Å². The standard InChI is InChI=1S/C17H28O4/c1-13-6-5-10-16(3,19)11-9-15(8-7-13)17(4,20)12-21-14(2)18/h6,9,11,15,19-20H,5,7-8,10,12H2,1-4H3/b11-9+,13-6+/t15-,16+,17-/m1/s1. The summed E-state index contributed by atoms with van der Waals surface area (Å²) in [5.41, 5.74) is -0.767. The largest absolute Gasteiger partial charge is 0.463 e. The summed E-state index contributed by atoms with van der Waals surface area (Å²) >= 11 is 0. The molecule has 0 aromatic carbocycles. The van der Waals surface area contributed by atoms with Crippen LogP contribution in [0.25, 0.3) is 0 Å². The van der Waals surface area contributed by atoms with Gasteiger partial charge in [-0.1, -0.05) is 23.8 Å².